The van der Waals surface area contributed by atoms with E-state index in [0.29, 0.717) is 26.8 Å². The van der Waals surface area contributed by atoms with Crippen molar-refractivity contribution in [3.8, 4) is 5.69 Å². The molecule has 1 amide bonds. The number of hydrogen-bond donors (Lipinski definition) is 2. The summed E-state index contributed by atoms with van der Waals surface area (Å²) in [7, 11) is 0. The Hall–Kier alpha value is -2.28. The molecule has 0 aliphatic heterocycles. The highest BCUT2D eigenvalue weighted by Crippen LogP contribution is 2.28. The number of rotatable bonds is 4. The van der Waals surface area contributed by atoms with Crippen molar-refractivity contribution in [3.63, 3.8) is 0 Å². The van der Waals surface area contributed by atoms with Gasteiger partial charge in [-0.25, -0.2) is 4.98 Å². The van der Waals surface area contributed by atoms with Crippen LogP contribution in [0, 0.1) is 0 Å². The van der Waals surface area contributed by atoms with E-state index < -0.39 is 11.5 Å². The number of amides is 1. The van der Waals surface area contributed by atoms with Gasteiger partial charge < -0.3 is 0 Å². The number of para-hydroxylation sites is 1. The third kappa shape index (κ3) is 3.56. The largest absolute Gasteiger partial charge is 0.300 e. The molecule has 0 radical (unpaired) electrons. The summed E-state index contributed by atoms with van der Waals surface area (Å²) >= 11 is 17.6. The fourth-order valence-electron chi connectivity index (χ4n) is 2.26. The van der Waals surface area contributed by atoms with Crippen molar-refractivity contribution in [2.75, 3.05) is 11.3 Å². The molecule has 0 atom stereocenters. The normalized spacial score (nSPS) is 10.7. The Labute approximate surface area is 157 Å². The maximum atomic E-state index is 12.9. The quantitative estimate of drug-likeness (QED) is 0.523. The first-order chi connectivity index (χ1) is 12.0. The van der Waals surface area contributed by atoms with E-state index in [-0.39, 0.29) is 11.7 Å². The molecule has 0 saturated carbocycles. The molecule has 25 heavy (non-hydrogen) atoms. The van der Waals surface area contributed by atoms with Crippen LogP contribution in [0.1, 0.15) is 0 Å². The molecule has 0 fully saturated rings. The highest BCUT2D eigenvalue weighted by Gasteiger charge is 2.15. The van der Waals surface area contributed by atoms with Gasteiger partial charge in [0.05, 0.1) is 21.1 Å². The second-order valence-electron chi connectivity index (χ2n) is 5.00. The molecule has 0 saturated heterocycles. The van der Waals surface area contributed by atoms with Crippen LogP contribution in [0.5, 0.6) is 0 Å². The van der Waals surface area contributed by atoms with E-state index >= 15 is 0 Å². The molecule has 1 heterocycles. The third-order valence-electron chi connectivity index (χ3n) is 3.35. The molecule has 1 aromatic heterocycles. The van der Waals surface area contributed by atoms with E-state index in [1.807, 2.05) is 6.07 Å². The Morgan fingerprint density at radius 2 is 1.80 bits per heavy atom. The summed E-state index contributed by atoms with van der Waals surface area (Å²) in [6.45, 7) is 0. The van der Waals surface area contributed by atoms with Gasteiger partial charge in [-0.3, -0.25) is 25.0 Å². The lowest BCUT2D eigenvalue weighted by atomic mass is 10.2. The summed E-state index contributed by atoms with van der Waals surface area (Å²) in [5.74, 6) is -0.828. The van der Waals surface area contributed by atoms with Gasteiger partial charge in [-0.15, -0.1) is 11.6 Å². The van der Waals surface area contributed by atoms with Gasteiger partial charge in [0.25, 0.3) is 11.5 Å². The lowest BCUT2D eigenvalue weighted by molar-refractivity contribution is -0.118. The molecule has 2 aromatic carbocycles. The molecule has 6 nitrogen and oxygen atoms in total. The number of nitrogens with one attached hydrogen (secondary N) is 2. The van der Waals surface area contributed by atoms with Crippen molar-refractivity contribution in [3.05, 3.63) is 62.9 Å². The van der Waals surface area contributed by atoms with Gasteiger partial charge in [0.2, 0.25) is 5.82 Å². The molecule has 0 aliphatic carbocycles. The summed E-state index contributed by atoms with van der Waals surface area (Å²) < 4.78 is 1.43. The van der Waals surface area contributed by atoms with Crippen molar-refractivity contribution in [2.24, 2.45) is 0 Å². The fourth-order valence-corrected chi connectivity index (χ4v) is 2.64. The minimum absolute atomic E-state index is 0.0757. The molecule has 3 aromatic rings. The van der Waals surface area contributed by atoms with Crippen molar-refractivity contribution in [2.45, 2.75) is 0 Å². The zero-order valence-corrected chi connectivity index (χ0v) is 14.9. The molecule has 2 N–H and O–H groups in total. The predicted molar refractivity (Wildman–Crippen MR) is 99.8 cm³/mol. The van der Waals surface area contributed by atoms with Gasteiger partial charge in [-0.2, -0.15) is 0 Å². The Balaban J connectivity index is 2.26. The molecule has 0 bridgehead atoms. The van der Waals surface area contributed by atoms with Crippen LogP contribution < -0.4 is 16.4 Å². The average molecular weight is 398 g/mol. The molecule has 0 unspecified atom stereocenters. The van der Waals surface area contributed by atoms with Gasteiger partial charge in [-0.05, 0) is 24.3 Å². The SMILES string of the molecule is O=C(CCl)NNc1nc2cc(Cl)c(Cl)cc2n(-c2ccccc2)c1=O. The lowest BCUT2D eigenvalue weighted by Gasteiger charge is -2.14. The van der Waals surface area contributed by atoms with Crippen LogP contribution in [0.4, 0.5) is 5.82 Å². The molecule has 9 heteroatoms. The Morgan fingerprint density at radius 1 is 1.12 bits per heavy atom. The van der Waals surface area contributed by atoms with Crippen molar-refractivity contribution in [1.82, 2.24) is 15.0 Å². The predicted octanol–water partition coefficient (Wildman–Crippen LogP) is 3.37. The van der Waals surface area contributed by atoms with Crippen molar-refractivity contribution >= 4 is 57.6 Å². The summed E-state index contributed by atoms with van der Waals surface area (Å²) in [6, 6.07) is 12.1. The number of carbonyl (C=O) groups excluding carboxylic acids is 1. The number of alkyl halides is 1. The maximum absolute atomic E-state index is 12.9. The first-order valence-electron chi connectivity index (χ1n) is 7.09. The molecular formula is C16H11Cl3N4O2. The minimum atomic E-state index is -0.497. The van der Waals surface area contributed by atoms with Gasteiger partial charge in [0.15, 0.2) is 0 Å². The van der Waals surface area contributed by atoms with Crippen molar-refractivity contribution in [1.29, 1.82) is 0 Å². The zero-order chi connectivity index (χ0) is 18.0. The van der Waals surface area contributed by atoms with E-state index in [9.17, 15) is 9.59 Å². The smallest absolute Gasteiger partial charge is 0.277 e. The van der Waals surface area contributed by atoms with Crippen LogP contribution >= 0.6 is 34.8 Å². The van der Waals surface area contributed by atoms with Crippen molar-refractivity contribution < 1.29 is 4.79 Å². The third-order valence-corrected chi connectivity index (χ3v) is 4.32. The number of nitrogens with zero attached hydrogens (tertiary/aromatic N) is 2. The summed E-state index contributed by atoms with van der Waals surface area (Å²) in [5, 5.41) is 0.604. The Bertz CT molecular complexity index is 1010. The molecule has 128 valence electrons. The summed E-state index contributed by atoms with van der Waals surface area (Å²) in [6.07, 6.45) is 0. The zero-order valence-electron chi connectivity index (χ0n) is 12.6. The fraction of sp³-hybridized carbons (Fsp3) is 0.0625. The van der Waals surface area contributed by atoms with Gasteiger partial charge in [-0.1, -0.05) is 41.4 Å². The number of aromatic nitrogens is 2. The molecule has 0 aliphatic rings. The second kappa shape index (κ2) is 7.31. The van der Waals surface area contributed by atoms with Crippen LogP contribution in [-0.2, 0) is 4.79 Å². The van der Waals surface area contributed by atoms with E-state index in [1.54, 1.807) is 36.4 Å². The molecule has 0 spiro atoms. The summed E-state index contributed by atoms with van der Waals surface area (Å²) in [5.41, 5.74) is 5.87. The van der Waals surface area contributed by atoms with Crippen LogP contribution in [0.3, 0.4) is 0 Å². The first-order valence-corrected chi connectivity index (χ1v) is 8.38. The average Bonchev–Trinajstić information content (AvgIpc) is 2.62. The Morgan fingerprint density at radius 3 is 2.48 bits per heavy atom. The molecular weight excluding hydrogens is 387 g/mol. The lowest BCUT2D eigenvalue weighted by Crippen LogP contribution is -2.35. The van der Waals surface area contributed by atoms with Crippen LogP contribution in [0.15, 0.2) is 47.3 Å². The van der Waals surface area contributed by atoms with Gasteiger partial charge >= 0.3 is 0 Å². The van der Waals surface area contributed by atoms with Gasteiger partial charge in [0, 0.05) is 5.69 Å². The van der Waals surface area contributed by atoms with Crippen LogP contribution in [0.2, 0.25) is 10.0 Å². The van der Waals surface area contributed by atoms with E-state index in [4.69, 9.17) is 34.8 Å². The highest BCUT2D eigenvalue weighted by molar-refractivity contribution is 6.42. The monoisotopic (exact) mass is 396 g/mol. The second-order valence-corrected chi connectivity index (χ2v) is 6.08. The van der Waals surface area contributed by atoms with Gasteiger partial charge in [0.1, 0.15) is 5.88 Å². The first kappa shape index (κ1) is 17.5. The topological polar surface area (TPSA) is 76.0 Å². The number of hydrogen-bond acceptors (Lipinski definition) is 4. The maximum Gasteiger partial charge on any atom is 0.300 e. The number of benzene rings is 2. The van der Waals surface area contributed by atoms with E-state index in [1.165, 1.54) is 4.57 Å². The van der Waals surface area contributed by atoms with Crippen LogP contribution in [-0.4, -0.2) is 21.3 Å². The van der Waals surface area contributed by atoms with E-state index in [0.717, 1.165) is 0 Å². The number of carbonyl (C=O) groups is 1. The summed E-state index contributed by atoms with van der Waals surface area (Å²) in [4.78, 5) is 28.4. The Kier molecular flexibility index (Phi) is 5.13. The van der Waals surface area contributed by atoms with E-state index in [2.05, 4.69) is 15.8 Å². The number of anilines is 1. The minimum Gasteiger partial charge on any atom is -0.277 e. The number of fused-ring (bicyclic) bond motifs is 1. The number of hydrazine groups is 1. The highest BCUT2D eigenvalue weighted by atomic mass is 35.5. The molecule has 3 rings (SSSR count). The number of halogens is 3. The standard InChI is InChI=1S/C16H11Cl3N4O2/c17-8-14(24)21-22-15-16(25)23(9-4-2-1-3-5-9)13-7-11(19)10(18)6-12(13)20-15/h1-7H,8H2,(H,20,22)(H,21,24). The van der Waals surface area contributed by atoms with Crippen LogP contribution in [0.25, 0.3) is 16.7 Å².